The zero-order chi connectivity index (χ0) is 15.3. The summed E-state index contributed by atoms with van der Waals surface area (Å²) in [5.74, 6) is -3.14. The van der Waals surface area contributed by atoms with Crippen LogP contribution in [-0.4, -0.2) is 28.8 Å². The molecular weight excluding hydrogens is 276 g/mol. The summed E-state index contributed by atoms with van der Waals surface area (Å²) in [5, 5.41) is 10.1. The number of carbonyl (C=O) groups is 4. The Labute approximate surface area is 117 Å². The highest BCUT2D eigenvalue weighted by atomic mass is 16.6. The first kappa shape index (κ1) is 13.0. The Morgan fingerprint density at radius 1 is 0.905 bits per heavy atom. The molecule has 0 bridgehead atoms. The maximum atomic E-state index is 11.6. The summed E-state index contributed by atoms with van der Waals surface area (Å²) < 4.78 is 4.50. The average Bonchev–Trinajstić information content (AvgIpc) is 2.69. The molecule has 0 saturated carbocycles. The molecule has 6 nitrogen and oxygen atoms in total. The van der Waals surface area contributed by atoms with Gasteiger partial charge in [-0.2, -0.15) is 0 Å². The number of Topliss-reactive ketones (excluding diaryl/α,β-unsaturated/α-hetero) is 1. The molecule has 0 atom stereocenters. The van der Waals surface area contributed by atoms with Crippen molar-refractivity contribution in [3.63, 3.8) is 0 Å². The van der Waals surface area contributed by atoms with Crippen molar-refractivity contribution < 1.29 is 29.0 Å². The van der Waals surface area contributed by atoms with Crippen LogP contribution in [0.4, 0.5) is 0 Å². The molecular formula is C15H8O6. The smallest absolute Gasteiger partial charge is 0.346 e. The van der Waals surface area contributed by atoms with Gasteiger partial charge in [0, 0.05) is 5.56 Å². The molecule has 0 saturated heterocycles. The van der Waals surface area contributed by atoms with E-state index in [1.54, 1.807) is 0 Å². The topological polar surface area (TPSA) is 97.7 Å². The van der Waals surface area contributed by atoms with Crippen molar-refractivity contribution in [2.45, 2.75) is 6.92 Å². The van der Waals surface area contributed by atoms with Gasteiger partial charge in [0.15, 0.2) is 5.78 Å². The van der Waals surface area contributed by atoms with Gasteiger partial charge < -0.3 is 9.84 Å². The van der Waals surface area contributed by atoms with E-state index < -0.39 is 23.7 Å². The second-order valence-electron chi connectivity index (χ2n) is 4.68. The molecule has 3 rings (SSSR count). The third-order valence-corrected chi connectivity index (χ3v) is 3.35. The van der Waals surface area contributed by atoms with Crippen LogP contribution in [0.2, 0.25) is 0 Å². The SMILES string of the molecule is CC(=O)c1cc2cc3c(cc2cc1C(=O)O)C(=O)OC3=O. The molecule has 0 spiro atoms. The number of rotatable bonds is 2. The van der Waals surface area contributed by atoms with Crippen LogP contribution in [0.1, 0.15) is 48.4 Å². The van der Waals surface area contributed by atoms with Crippen molar-refractivity contribution in [2.75, 3.05) is 0 Å². The van der Waals surface area contributed by atoms with Crippen molar-refractivity contribution in [3.05, 3.63) is 46.5 Å². The maximum absolute atomic E-state index is 11.6. The first-order valence-electron chi connectivity index (χ1n) is 6.01. The number of ketones is 1. The predicted octanol–water partition coefficient (Wildman–Crippen LogP) is 2.05. The Balaban J connectivity index is 2.37. The number of ether oxygens (including phenoxy) is 1. The highest BCUT2D eigenvalue weighted by Crippen LogP contribution is 2.28. The molecule has 1 aliphatic heterocycles. The third-order valence-electron chi connectivity index (χ3n) is 3.35. The van der Waals surface area contributed by atoms with E-state index in [-0.39, 0.29) is 22.3 Å². The molecule has 1 aliphatic rings. The second kappa shape index (κ2) is 4.24. The van der Waals surface area contributed by atoms with Crippen molar-refractivity contribution in [1.29, 1.82) is 0 Å². The number of hydrogen-bond acceptors (Lipinski definition) is 5. The molecule has 0 amide bonds. The van der Waals surface area contributed by atoms with Crippen molar-refractivity contribution in [1.82, 2.24) is 0 Å². The van der Waals surface area contributed by atoms with Crippen LogP contribution in [0.3, 0.4) is 0 Å². The van der Waals surface area contributed by atoms with Gasteiger partial charge in [-0.3, -0.25) is 4.79 Å². The predicted molar refractivity (Wildman–Crippen MR) is 70.7 cm³/mol. The maximum Gasteiger partial charge on any atom is 0.346 e. The minimum absolute atomic E-state index is 0.0487. The Bertz CT molecular complexity index is 792. The Kier molecular flexibility index (Phi) is 2.62. The molecule has 0 unspecified atom stereocenters. The normalized spacial score (nSPS) is 13.2. The van der Waals surface area contributed by atoms with Gasteiger partial charge in [-0.25, -0.2) is 14.4 Å². The molecule has 1 heterocycles. The lowest BCUT2D eigenvalue weighted by molar-refractivity contribution is 0.0443. The Morgan fingerprint density at radius 2 is 1.38 bits per heavy atom. The monoisotopic (exact) mass is 284 g/mol. The van der Waals surface area contributed by atoms with Crippen molar-refractivity contribution in [2.24, 2.45) is 0 Å². The molecule has 0 fully saturated rings. The van der Waals surface area contributed by atoms with E-state index in [2.05, 4.69) is 4.74 Å². The number of aromatic carboxylic acids is 1. The van der Waals surface area contributed by atoms with E-state index >= 15 is 0 Å². The van der Waals surface area contributed by atoms with Gasteiger partial charge in [-0.1, -0.05) is 0 Å². The molecule has 6 heteroatoms. The zero-order valence-electron chi connectivity index (χ0n) is 10.8. The highest BCUT2D eigenvalue weighted by Gasteiger charge is 2.30. The number of carbonyl (C=O) groups excluding carboxylic acids is 3. The van der Waals surface area contributed by atoms with Gasteiger partial charge in [0.05, 0.1) is 16.7 Å². The summed E-state index contributed by atoms with van der Waals surface area (Å²) in [7, 11) is 0. The molecule has 104 valence electrons. The standard InChI is InChI=1S/C15H8O6/c1-6(16)9-2-7-4-11-12(15(20)21-14(11)19)5-8(7)3-10(9)13(17)18/h2-5H,1H3,(H,17,18). The zero-order valence-corrected chi connectivity index (χ0v) is 10.8. The number of carboxylic acids is 1. The third kappa shape index (κ3) is 1.88. The number of fused-ring (bicyclic) bond motifs is 2. The summed E-state index contributed by atoms with van der Waals surface area (Å²) in [6, 6.07) is 5.53. The van der Waals surface area contributed by atoms with Crippen molar-refractivity contribution in [3.8, 4) is 0 Å². The number of benzene rings is 2. The summed E-state index contributed by atoms with van der Waals surface area (Å²) in [4.78, 5) is 45.8. The number of hydrogen-bond donors (Lipinski definition) is 1. The van der Waals surface area contributed by atoms with Crippen LogP contribution in [0.5, 0.6) is 0 Å². The average molecular weight is 284 g/mol. The Hall–Kier alpha value is -3.02. The molecule has 0 aliphatic carbocycles. The van der Waals surface area contributed by atoms with E-state index in [9.17, 15) is 19.2 Å². The van der Waals surface area contributed by atoms with Gasteiger partial charge in [0.25, 0.3) is 0 Å². The van der Waals surface area contributed by atoms with Gasteiger partial charge in [-0.15, -0.1) is 0 Å². The Morgan fingerprint density at radius 3 is 1.81 bits per heavy atom. The minimum atomic E-state index is -1.23. The number of esters is 2. The van der Waals surface area contributed by atoms with E-state index in [0.717, 1.165) is 0 Å². The highest BCUT2D eigenvalue weighted by molar-refractivity contribution is 6.18. The van der Waals surface area contributed by atoms with Gasteiger partial charge >= 0.3 is 17.9 Å². The lowest BCUT2D eigenvalue weighted by Crippen LogP contribution is -2.06. The van der Waals surface area contributed by atoms with Gasteiger partial charge in [-0.05, 0) is 42.0 Å². The molecule has 1 N–H and O–H groups in total. The van der Waals surface area contributed by atoms with Crippen LogP contribution in [0, 0.1) is 0 Å². The summed E-state index contributed by atoms with van der Waals surface area (Å²) >= 11 is 0. The lowest BCUT2D eigenvalue weighted by Gasteiger charge is -2.06. The fourth-order valence-electron chi connectivity index (χ4n) is 2.35. The minimum Gasteiger partial charge on any atom is -0.478 e. The first-order valence-corrected chi connectivity index (χ1v) is 6.01. The number of carboxylic acid groups (broad SMARTS) is 1. The van der Waals surface area contributed by atoms with Crippen LogP contribution < -0.4 is 0 Å². The van der Waals surface area contributed by atoms with E-state index in [1.165, 1.54) is 31.2 Å². The lowest BCUT2D eigenvalue weighted by atomic mass is 9.95. The number of cyclic esters (lactones) is 2. The molecule has 2 aromatic carbocycles. The van der Waals surface area contributed by atoms with Gasteiger partial charge in [0.2, 0.25) is 0 Å². The van der Waals surface area contributed by atoms with Crippen LogP contribution in [-0.2, 0) is 4.74 Å². The molecule has 2 aromatic rings. The van der Waals surface area contributed by atoms with Crippen molar-refractivity contribution >= 4 is 34.5 Å². The van der Waals surface area contributed by atoms with Gasteiger partial charge in [0.1, 0.15) is 0 Å². The van der Waals surface area contributed by atoms with Crippen LogP contribution in [0.15, 0.2) is 24.3 Å². The fraction of sp³-hybridized carbons (Fsp3) is 0.0667. The summed E-state index contributed by atoms with van der Waals surface area (Å²) in [6.45, 7) is 1.26. The second-order valence-corrected chi connectivity index (χ2v) is 4.68. The van der Waals surface area contributed by atoms with Crippen LogP contribution in [0.25, 0.3) is 10.8 Å². The largest absolute Gasteiger partial charge is 0.478 e. The van der Waals surface area contributed by atoms with E-state index in [0.29, 0.717) is 10.8 Å². The van der Waals surface area contributed by atoms with E-state index in [1.807, 2.05) is 0 Å². The van der Waals surface area contributed by atoms with E-state index in [4.69, 9.17) is 5.11 Å². The first-order chi connectivity index (χ1) is 9.88. The quantitative estimate of drug-likeness (QED) is 0.515. The van der Waals surface area contributed by atoms with Crippen LogP contribution >= 0.6 is 0 Å². The molecule has 0 radical (unpaired) electrons. The summed E-state index contributed by atoms with van der Waals surface area (Å²) in [6.07, 6.45) is 0. The fourth-order valence-corrected chi connectivity index (χ4v) is 2.35. The summed E-state index contributed by atoms with van der Waals surface area (Å²) in [5.41, 5.74) is 0.116. The molecule has 0 aromatic heterocycles. The molecule has 21 heavy (non-hydrogen) atoms.